The second kappa shape index (κ2) is 6.86. The molecule has 5 heteroatoms. The Balaban J connectivity index is 3.19. The Bertz CT molecular complexity index is 411. The lowest BCUT2D eigenvalue weighted by Crippen LogP contribution is -2.41. The first-order valence-electron chi connectivity index (χ1n) is 7.00. The van der Waals surface area contributed by atoms with E-state index < -0.39 is 0 Å². The van der Waals surface area contributed by atoms with E-state index in [1.807, 2.05) is 4.68 Å². The van der Waals surface area contributed by atoms with E-state index in [2.05, 4.69) is 48.7 Å². The molecule has 0 spiro atoms. The van der Waals surface area contributed by atoms with Crippen LogP contribution in [0.5, 0.6) is 0 Å². The summed E-state index contributed by atoms with van der Waals surface area (Å²) < 4.78 is 3.09. The molecule has 1 unspecified atom stereocenters. The van der Waals surface area contributed by atoms with E-state index in [0.717, 1.165) is 35.2 Å². The van der Waals surface area contributed by atoms with Gasteiger partial charge in [0.1, 0.15) is 0 Å². The van der Waals surface area contributed by atoms with Crippen molar-refractivity contribution in [1.82, 2.24) is 9.78 Å². The first-order valence-corrected chi connectivity index (χ1v) is 7.80. The second-order valence-corrected chi connectivity index (χ2v) is 6.23. The highest BCUT2D eigenvalue weighted by atomic mass is 79.9. The molecular formula is C14H26BrN3O. The van der Waals surface area contributed by atoms with Gasteiger partial charge in [-0.05, 0) is 41.6 Å². The van der Waals surface area contributed by atoms with E-state index in [4.69, 9.17) is 5.73 Å². The van der Waals surface area contributed by atoms with Crippen LogP contribution in [0, 0.1) is 11.3 Å². The lowest BCUT2D eigenvalue weighted by Gasteiger charge is -2.35. The lowest BCUT2D eigenvalue weighted by atomic mass is 9.74. The summed E-state index contributed by atoms with van der Waals surface area (Å²) >= 11 is 3.66. The van der Waals surface area contributed by atoms with Gasteiger partial charge in [0.25, 0.3) is 0 Å². The van der Waals surface area contributed by atoms with Crippen molar-refractivity contribution in [2.75, 3.05) is 13.2 Å². The minimum Gasteiger partial charge on any atom is -0.396 e. The van der Waals surface area contributed by atoms with E-state index in [9.17, 15) is 5.11 Å². The molecule has 1 heterocycles. The standard InChI is InChI=1S/C14H26BrN3O/c1-5-11-13(15)12(18(6-2)17-11)7-14(8-16,9-19)10(3)4/h10,19H,5-9,16H2,1-4H3. The average Bonchev–Trinajstić information content (AvgIpc) is 2.71. The summed E-state index contributed by atoms with van der Waals surface area (Å²) in [5.41, 5.74) is 7.89. The molecule has 1 atom stereocenters. The average molecular weight is 332 g/mol. The molecule has 0 fully saturated rings. The third-order valence-electron chi connectivity index (χ3n) is 4.16. The summed E-state index contributed by atoms with van der Waals surface area (Å²) in [6.07, 6.45) is 1.65. The van der Waals surface area contributed by atoms with Gasteiger partial charge in [-0.15, -0.1) is 0 Å². The van der Waals surface area contributed by atoms with Crippen LogP contribution in [-0.2, 0) is 19.4 Å². The van der Waals surface area contributed by atoms with E-state index in [1.165, 1.54) is 0 Å². The van der Waals surface area contributed by atoms with Gasteiger partial charge in [0.2, 0.25) is 0 Å². The van der Waals surface area contributed by atoms with Gasteiger partial charge in [0.15, 0.2) is 0 Å². The highest BCUT2D eigenvalue weighted by Gasteiger charge is 2.34. The number of aliphatic hydroxyl groups is 1. The van der Waals surface area contributed by atoms with E-state index >= 15 is 0 Å². The molecule has 0 aliphatic carbocycles. The van der Waals surface area contributed by atoms with Crippen molar-refractivity contribution in [2.45, 2.75) is 47.1 Å². The van der Waals surface area contributed by atoms with Crippen molar-refractivity contribution in [3.8, 4) is 0 Å². The van der Waals surface area contributed by atoms with Crippen molar-refractivity contribution in [3.63, 3.8) is 0 Å². The summed E-state index contributed by atoms with van der Waals surface area (Å²) in [4.78, 5) is 0. The van der Waals surface area contributed by atoms with Gasteiger partial charge in [-0.2, -0.15) is 5.10 Å². The highest BCUT2D eigenvalue weighted by Crippen LogP contribution is 2.34. The Hall–Kier alpha value is -0.390. The van der Waals surface area contributed by atoms with Crippen LogP contribution in [-0.4, -0.2) is 28.0 Å². The molecule has 110 valence electrons. The van der Waals surface area contributed by atoms with Gasteiger partial charge in [-0.25, -0.2) is 0 Å². The molecule has 0 radical (unpaired) electrons. The molecule has 0 aromatic carbocycles. The van der Waals surface area contributed by atoms with Gasteiger partial charge in [-0.1, -0.05) is 20.8 Å². The van der Waals surface area contributed by atoms with E-state index in [-0.39, 0.29) is 12.0 Å². The number of hydrogen-bond acceptors (Lipinski definition) is 3. The van der Waals surface area contributed by atoms with Crippen molar-refractivity contribution in [1.29, 1.82) is 0 Å². The third kappa shape index (κ3) is 3.20. The minimum atomic E-state index is -0.277. The predicted molar refractivity (Wildman–Crippen MR) is 82.1 cm³/mol. The maximum absolute atomic E-state index is 9.80. The normalized spacial score (nSPS) is 14.9. The Kier molecular flexibility index (Phi) is 6.02. The summed E-state index contributed by atoms with van der Waals surface area (Å²) in [7, 11) is 0. The fourth-order valence-electron chi connectivity index (χ4n) is 2.33. The first kappa shape index (κ1) is 16.7. The van der Waals surface area contributed by atoms with E-state index in [0.29, 0.717) is 12.5 Å². The van der Waals surface area contributed by atoms with Crippen LogP contribution < -0.4 is 5.73 Å². The SMILES string of the molecule is CCc1nn(CC)c(CC(CN)(CO)C(C)C)c1Br. The van der Waals surface area contributed by atoms with Crippen molar-refractivity contribution in [2.24, 2.45) is 17.1 Å². The topological polar surface area (TPSA) is 64.1 Å². The number of halogens is 1. The molecule has 0 saturated heterocycles. The Morgan fingerprint density at radius 3 is 2.42 bits per heavy atom. The molecule has 0 aliphatic heterocycles. The molecule has 1 aromatic heterocycles. The molecule has 0 amide bonds. The molecule has 1 rings (SSSR count). The number of nitrogens with two attached hydrogens (primary N) is 1. The summed E-state index contributed by atoms with van der Waals surface area (Å²) in [5, 5.41) is 14.4. The second-order valence-electron chi connectivity index (χ2n) is 5.43. The summed E-state index contributed by atoms with van der Waals surface area (Å²) in [6.45, 7) is 9.82. The number of aryl methyl sites for hydroxylation is 2. The smallest absolute Gasteiger partial charge is 0.0766 e. The van der Waals surface area contributed by atoms with Crippen LogP contribution in [0.1, 0.15) is 39.1 Å². The van der Waals surface area contributed by atoms with Crippen LogP contribution >= 0.6 is 15.9 Å². The largest absolute Gasteiger partial charge is 0.396 e. The number of aromatic nitrogens is 2. The fourth-order valence-corrected chi connectivity index (χ4v) is 3.04. The zero-order chi connectivity index (χ0) is 14.6. The molecule has 3 N–H and O–H groups in total. The summed E-state index contributed by atoms with van der Waals surface area (Å²) in [5.74, 6) is 0.319. The minimum absolute atomic E-state index is 0.101. The maximum Gasteiger partial charge on any atom is 0.0766 e. The molecule has 1 aromatic rings. The van der Waals surface area contributed by atoms with E-state index in [1.54, 1.807) is 0 Å². The summed E-state index contributed by atoms with van der Waals surface area (Å²) in [6, 6.07) is 0. The maximum atomic E-state index is 9.80. The van der Waals surface area contributed by atoms with Gasteiger partial charge in [-0.3, -0.25) is 4.68 Å². The van der Waals surface area contributed by atoms with Crippen molar-refractivity contribution >= 4 is 15.9 Å². The number of nitrogens with zero attached hydrogens (tertiary/aromatic N) is 2. The van der Waals surface area contributed by atoms with Gasteiger partial charge >= 0.3 is 0 Å². The van der Waals surface area contributed by atoms with Crippen LogP contribution in [0.15, 0.2) is 4.47 Å². The number of hydrogen-bond donors (Lipinski definition) is 2. The van der Waals surface area contributed by atoms with Gasteiger partial charge in [0, 0.05) is 18.5 Å². The Morgan fingerprint density at radius 1 is 1.42 bits per heavy atom. The molecule has 19 heavy (non-hydrogen) atoms. The van der Waals surface area contributed by atoms with Gasteiger partial charge < -0.3 is 10.8 Å². The molecule has 0 aliphatic rings. The molecule has 4 nitrogen and oxygen atoms in total. The molecular weight excluding hydrogens is 306 g/mol. The third-order valence-corrected chi connectivity index (χ3v) is 5.08. The van der Waals surface area contributed by atoms with Crippen LogP contribution in [0.2, 0.25) is 0 Å². The van der Waals surface area contributed by atoms with Crippen LogP contribution in [0.4, 0.5) is 0 Å². The Morgan fingerprint density at radius 2 is 2.05 bits per heavy atom. The Labute approximate surface area is 124 Å². The number of aliphatic hydroxyl groups excluding tert-OH is 1. The van der Waals surface area contributed by atoms with Crippen LogP contribution in [0.25, 0.3) is 0 Å². The van der Waals surface area contributed by atoms with Crippen molar-refractivity contribution in [3.05, 3.63) is 15.9 Å². The monoisotopic (exact) mass is 331 g/mol. The highest BCUT2D eigenvalue weighted by molar-refractivity contribution is 9.10. The van der Waals surface area contributed by atoms with Gasteiger partial charge in [0.05, 0.1) is 22.5 Å². The van der Waals surface area contributed by atoms with Crippen LogP contribution in [0.3, 0.4) is 0 Å². The molecule has 0 bridgehead atoms. The molecule has 0 saturated carbocycles. The number of rotatable bonds is 7. The lowest BCUT2D eigenvalue weighted by molar-refractivity contribution is 0.0819. The first-order chi connectivity index (χ1) is 8.95. The fraction of sp³-hybridized carbons (Fsp3) is 0.786. The zero-order valence-electron chi connectivity index (χ0n) is 12.4. The predicted octanol–water partition coefficient (Wildman–Crippen LogP) is 2.36. The quantitative estimate of drug-likeness (QED) is 0.806. The van der Waals surface area contributed by atoms with Crippen molar-refractivity contribution < 1.29 is 5.11 Å². The zero-order valence-corrected chi connectivity index (χ0v) is 14.0.